The molecular formula is C18H31IN4O2. The first-order valence-electron chi connectivity index (χ1n) is 8.39. The lowest BCUT2D eigenvalue weighted by Gasteiger charge is -2.21. The third-order valence-electron chi connectivity index (χ3n) is 2.95. The lowest BCUT2D eigenvalue weighted by Crippen LogP contribution is -2.48. The van der Waals surface area contributed by atoms with Crippen LogP contribution >= 0.6 is 24.0 Å². The summed E-state index contributed by atoms with van der Waals surface area (Å²) in [6, 6.07) is 7.83. The average Bonchev–Trinajstić information content (AvgIpc) is 2.50. The smallest absolute Gasteiger partial charge is 0.239 e. The molecular weight excluding hydrogens is 431 g/mol. The van der Waals surface area contributed by atoms with Crippen LogP contribution in [-0.4, -0.2) is 37.1 Å². The number of guanidine groups is 1. The third-order valence-corrected chi connectivity index (χ3v) is 2.95. The van der Waals surface area contributed by atoms with Gasteiger partial charge in [0.2, 0.25) is 5.91 Å². The zero-order valence-electron chi connectivity index (χ0n) is 15.8. The van der Waals surface area contributed by atoms with Gasteiger partial charge < -0.3 is 20.7 Å². The zero-order valence-corrected chi connectivity index (χ0v) is 18.1. The van der Waals surface area contributed by atoms with Crippen molar-refractivity contribution in [2.24, 2.45) is 4.99 Å². The number of aliphatic imine (C=N–C) groups is 1. The van der Waals surface area contributed by atoms with Crippen molar-refractivity contribution in [2.75, 3.05) is 19.7 Å². The van der Waals surface area contributed by atoms with Gasteiger partial charge in [0, 0.05) is 17.6 Å². The van der Waals surface area contributed by atoms with Gasteiger partial charge in [-0.1, -0.05) is 18.2 Å². The molecule has 0 aliphatic heterocycles. The molecule has 0 aliphatic rings. The number of halogens is 1. The quantitative estimate of drug-likeness (QED) is 0.331. The molecule has 0 bridgehead atoms. The summed E-state index contributed by atoms with van der Waals surface area (Å²) < 4.78 is 5.61. The van der Waals surface area contributed by atoms with Crippen molar-refractivity contribution < 1.29 is 9.53 Å². The molecule has 0 atom stereocenters. The van der Waals surface area contributed by atoms with Crippen molar-refractivity contribution in [3.05, 3.63) is 29.8 Å². The molecule has 142 valence electrons. The fourth-order valence-corrected chi connectivity index (χ4v) is 2.06. The Morgan fingerprint density at radius 2 is 1.84 bits per heavy atom. The summed E-state index contributed by atoms with van der Waals surface area (Å²) in [5, 5.41) is 9.10. The highest BCUT2D eigenvalue weighted by Crippen LogP contribution is 2.18. The Balaban J connectivity index is 0.00000576. The number of hydrogen-bond donors (Lipinski definition) is 3. The summed E-state index contributed by atoms with van der Waals surface area (Å²) in [4.78, 5) is 16.4. The highest BCUT2D eigenvalue weighted by molar-refractivity contribution is 14.0. The molecule has 6 nitrogen and oxygen atoms in total. The number of nitrogens with one attached hydrogen (secondary N) is 3. The van der Waals surface area contributed by atoms with Gasteiger partial charge in [-0.3, -0.25) is 4.79 Å². The second-order valence-electron chi connectivity index (χ2n) is 6.39. The standard InChI is InChI=1S/C18H30N4O2.HI/c1-6-19-17(21-13-16(23)22-18(3,4)5)20-12-14-10-8-9-11-15(14)24-7-2;/h8-11H,6-7,12-13H2,1-5H3,(H,22,23)(H2,19,20,21);1H. The van der Waals surface area contributed by atoms with Gasteiger partial charge in [0.1, 0.15) is 5.75 Å². The predicted octanol–water partition coefficient (Wildman–Crippen LogP) is 2.67. The first-order valence-corrected chi connectivity index (χ1v) is 8.39. The predicted molar refractivity (Wildman–Crippen MR) is 114 cm³/mol. The summed E-state index contributed by atoms with van der Waals surface area (Å²) in [5.74, 6) is 1.38. The van der Waals surface area contributed by atoms with Gasteiger partial charge in [-0.05, 0) is 40.7 Å². The van der Waals surface area contributed by atoms with Crippen LogP contribution in [0.4, 0.5) is 0 Å². The topological polar surface area (TPSA) is 74.8 Å². The molecule has 0 spiro atoms. The number of rotatable bonds is 7. The van der Waals surface area contributed by atoms with Gasteiger partial charge >= 0.3 is 0 Å². The minimum Gasteiger partial charge on any atom is -0.494 e. The van der Waals surface area contributed by atoms with Crippen molar-refractivity contribution >= 4 is 35.8 Å². The number of carbonyl (C=O) groups is 1. The van der Waals surface area contributed by atoms with Crippen molar-refractivity contribution in [3.8, 4) is 5.75 Å². The van der Waals surface area contributed by atoms with Crippen LogP contribution < -0.4 is 20.7 Å². The van der Waals surface area contributed by atoms with Gasteiger partial charge in [-0.2, -0.15) is 0 Å². The van der Waals surface area contributed by atoms with Gasteiger partial charge in [0.25, 0.3) is 0 Å². The molecule has 7 heteroatoms. The number of hydrogen-bond acceptors (Lipinski definition) is 3. The third kappa shape index (κ3) is 10.2. The van der Waals surface area contributed by atoms with Crippen molar-refractivity contribution in [3.63, 3.8) is 0 Å². The van der Waals surface area contributed by atoms with Crippen LogP contribution in [0.15, 0.2) is 29.3 Å². The van der Waals surface area contributed by atoms with E-state index in [-0.39, 0.29) is 42.0 Å². The molecule has 1 aromatic carbocycles. The van der Waals surface area contributed by atoms with Crippen LogP contribution in [0, 0.1) is 0 Å². The molecule has 0 unspecified atom stereocenters. The minimum absolute atomic E-state index is 0. The van der Waals surface area contributed by atoms with Gasteiger partial charge in [0.05, 0.1) is 19.7 Å². The summed E-state index contributed by atoms with van der Waals surface area (Å²) in [7, 11) is 0. The molecule has 1 amide bonds. The monoisotopic (exact) mass is 462 g/mol. The highest BCUT2D eigenvalue weighted by Gasteiger charge is 2.13. The molecule has 0 fully saturated rings. The fraction of sp³-hybridized carbons (Fsp3) is 0.556. The Labute approximate surface area is 168 Å². The first kappa shape index (κ1) is 23.5. The maximum absolute atomic E-state index is 11.9. The summed E-state index contributed by atoms with van der Waals surface area (Å²) in [6.45, 7) is 11.8. The average molecular weight is 462 g/mol. The van der Waals surface area contributed by atoms with E-state index in [9.17, 15) is 4.79 Å². The van der Waals surface area contributed by atoms with E-state index in [4.69, 9.17) is 4.74 Å². The van der Waals surface area contributed by atoms with Crippen LogP contribution in [0.2, 0.25) is 0 Å². The van der Waals surface area contributed by atoms with E-state index in [1.54, 1.807) is 0 Å². The van der Waals surface area contributed by atoms with Crippen molar-refractivity contribution in [1.29, 1.82) is 0 Å². The molecule has 1 aromatic rings. The molecule has 0 heterocycles. The molecule has 0 saturated carbocycles. The number of amides is 1. The zero-order chi connectivity index (χ0) is 18.0. The molecule has 25 heavy (non-hydrogen) atoms. The van der Waals surface area contributed by atoms with E-state index in [0.717, 1.165) is 17.9 Å². The van der Waals surface area contributed by atoms with Gasteiger partial charge in [-0.25, -0.2) is 4.99 Å². The van der Waals surface area contributed by atoms with Crippen molar-refractivity contribution in [1.82, 2.24) is 16.0 Å². The Bertz CT molecular complexity index is 556. The second-order valence-corrected chi connectivity index (χ2v) is 6.39. The van der Waals surface area contributed by atoms with Gasteiger partial charge in [-0.15, -0.1) is 24.0 Å². The summed E-state index contributed by atoms with van der Waals surface area (Å²) in [6.07, 6.45) is 0. The molecule has 1 rings (SSSR count). The number of nitrogens with zero attached hydrogens (tertiary/aromatic N) is 1. The van der Waals surface area contributed by atoms with E-state index >= 15 is 0 Å². The molecule has 3 N–H and O–H groups in total. The molecule has 0 aromatic heterocycles. The summed E-state index contributed by atoms with van der Waals surface area (Å²) >= 11 is 0. The van der Waals surface area contributed by atoms with Crippen LogP contribution in [-0.2, 0) is 11.3 Å². The lowest BCUT2D eigenvalue weighted by atomic mass is 10.1. The van der Waals surface area contributed by atoms with E-state index in [0.29, 0.717) is 19.1 Å². The van der Waals surface area contributed by atoms with E-state index in [2.05, 4.69) is 20.9 Å². The Morgan fingerprint density at radius 3 is 2.44 bits per heavy atom. The van der Waals surface area contributed by atoms with Crippen LogP contribution in [0.5, 0.6) is 5.75 Å². The molecule has 0 saturated heterocycles. The Hall–Kier alpha value is -1.51. The van der Waals surface area contributed by atoms with Gasteiger partial charge in [0.15, 0.2) is 5.96 Å². The highest BCUT2D eigenvalue weighted by atomic mass is 127. The summed E-state index contributed by atoms with van der Waals surface area (Å²) in [5.41, 5.74) is 0.765. The largest absolute Gasteiger partial charge is 0.494 e. The van der Waals surface area contributed by atoms with E-state index in [1.807, 2.05) is 58.9 Å². The Morgan fingerprint density at radius 1 is 1.16 bits per heavy atom. The number of ether oxygens (including phenoxy) is 1. The molecule has 0 radical (unpaired) electrons. The van der Waals surface area contributed by atoms with E-state index in [1.165, 1.54) is 0 Å². The van der Waals surface area contributed by atoms with Crippen LogP contribution in [0.25, 0.3) is 0 Å². The first-order chi connectivity index (χ1) is 11.4. The maximum Gasteiger partial charge on any atom is 0.239 e. The number of benzene rings is 1. The van der Waals surface area contributed by atoms with E-state index < -0.39 is 0 Å². The van der Waals surface area contributed by atoms with Crippen LogP contribution in [0.3, 0.4) is 0 Å². The number of para-hydroxylation sites is 1. The number of carbonyl (C=O) groups excluding carboxylic acids is 1. The Kier molecular flexibility index (Phi) is 11.2. The van der Waals surface area contributed by atoms with Crippen molar-refractivity contribution in [2.45, 2.75) is 46.7 Å². The minimum atomic E-state index is -0.245. The molecule has 0 aliphatic carbocycles. The second kappa shape index (κ2) is 11.9. The van der Waals surface area contributed by atoms with Crippen LogP contribution in [0.1, 0.15) is 40.2 Å². The lowest BCUT2D eigenvalue weighted by molar-refractivity contribution is -0.121. The SMILES string of the molecule is CCNC(=NCc1ccccc1OCC)NCC(=O)NC(C)(C)C.I. The maximum atomic E-state index is 11.9. The normalized spacial score (nSPS) is 11.3. The fourth-order valence-electron chi connectivity index (χ4n) is 2.06.